The third-order valence-electron chi connectivity index (χ3n) is 10.9. The molecule has 0 amide bonds. The summed E-state index contributed by atoms with van der Waals surface area (Å²) in [6.45, 7) is 0. The van der Waals surface area contributed by atoms with Crippen LogP contribution in [0, 0.1) is 0 Å². The van der Waals surface area contributed by atoms with E-state index in [1.807, 2.05) is 97.1 Å². The van der Waals surface area contributed by atoms with Crippen LogP contribution < -0.4 is 43.2 Å². The van der Waals surface area contributed by atoms with Gasteiger partial charge in [-0.25, -0.2) is 0 Å². The van der Waals surface area contributed by atoms with Gasteiger partial charge in [-0.1, -0.05) is 97.1 Å². The van der Waals surface area contributed by atoms with E-state index in [9.17, 15) is 40.2 Å². The Balaban J connectivity index is 1.39. The normalized spacial score (nSPS) is 12.5. The highest BCUT2D eigenvalue weighted by atomic mass is 16.4. The number of fused-ring (bicyclic) bond motifs is 8. The first-order chi connectivity index (χ1) is 29.0. The molecule has 1 aliphatic heterocycles. The summed E-state index contributed by atoms with van der Waals surface area (Å²) in [6, 6.07) is 43.8. The molecule has 4 aromatic carbocycles. The molecule has 16 heteroatoms. The Kier molecular flexibility index (Phi) is 10.3. The minimum absolute atomic E-state index is 0.342. The SMILES string of the molecule is OB(O)c1ccc(C2=c3ccc([nH]3)=C(c3ccc(B(O)O)cc3)c3ccc([nH]3)C(c3ccc(B(O)O)cc3)=c3ccc([nH]3)=C(c3ccc(B(O)O)cc3)c3ccc2[nH]3)cc1. The quantitative estimate of drug-likeness (QED) is 0.0711. The Hall–Kier alpha value is -6.58. The zero-order valence-corrected chi connectivity index (χ0v) is 31.7. The second-order valence-corrected chi connectivity index (χ2v) is 14.6. The predicted molar refractivity (Wildman–Crippen MR) is 233 cm³/mol. The number of rotatable bonds is 8. The van der Waals surface area contributed by atoms with Crippen LogP contribution in [0.2, 0.25) is 0 Å². The van der Waals surface area contributed by atoms with Gasteiger partial charge in [0, 0.05) is 66.5 Å². The fraction of sp³-hybridized carbons (Fsp3) is 0. The van der Waals surface area contributed by atoms with E-state index >= 15 is 0 Å². The summed E-state index contributed by atoms with van der Waals surface area (Å²) in [4.78, 5) is 14.6. The summed E-state index contributed by atoms with van der Waals surface area (Å²) in [7, 11) is -6.54. The van der Waals surface area contributed by atoms with Crippen LogP contribution in [0.5, 0.6) is 0 Å². The molecule has 5 heterocycles. The molecule has 8 aromatic rings. The molecule has 1 aliphatic rings. The second kappa shape index (κ2) is 15.9. The highest BCUT2D eigenvalue weighted by molar-refractivity contribution is 6.59. The molecule has 0 atom stereocenters. The van der Waals surface area contributed by atoms with Gasteiger partial charge >= 0.3 is 28.5 Å². The monoisotopic (exact) mass is 792 g/mol. The summed E-state index contributed by atoms with van der Waals surface area (Å²) >= 11 is 0. The van der Waals surface area contributed by atoms with Gasteiger partial charge in [-0.15, -0.1) is 0 Å². The summed E-state index contributed by atoms with van der Waals surface area (Å²) < 4.78 is 0. The lowest BCUT2D eigenvalue weighted by Crippen LogP contribution is -2.29. The zero-order chi connectivity index (χ0) is 41.7. The molecule has 0 aliphatic carbocycles. The van der Waals surface area contributed by atoms with Crippen molar-refractivity contribution in [1.29, 1.82) is 0 Å². The van der Waals surface area contributed by atoms with Gasteiger partial charge < -0.3 is 60.1 Å². The highest BCUT2D eigenvalue weighted by Gasteiger charge is 2.21. The molecular formula is C44H36B4N4O8. The van der Waals surface area contributed by atoms with Crippen molar-refractivity contribution in [3.8, 4) is 0 Å². The standard InChI is InChI=1S/C44H36B4N4O8/c53-45(54)29-9-1-25(2-10-29)41-33-17-19-35(49-33)42(26-3-11-30(12-4-26)46(55)56)37-21-23-39(51-37)44(28-7-15-32(16-8-28)48(59)60)40-24-22-38(52-40)43(36-20-18-34(41)50-36)27-5-13-31(14-6-27)47(57)58/h1-24,49-60H. The minimum atomic E-state index is -1.64. The van der Waals surface area contributed by atoms with Gasteiger partial charge in [-0.2, -0.15) is 0 Å². The third kappa shape index (κ3) is 7.34. The molecule has 0 unspecified atom stereocenters. The van der Waals surface area contributed by atoms with Crippen LogP contribution in [0.1, 0.15) is 45.0 Å². The lowest BCUT2D eigenvalue weighted by Gasteiger charge is -2.11. The van der Waals surface area contributed by atoms with E-state index in [2.05, 4.69) is 19.9 Å². The molecular weight excluding hydrogens is 756 g/mol. The van der Waals surface area contributed by atoms with Crippen LogP contribution in [0.15, 0.2) is 146 Å². The average molecular weight is 792 g/mol. The van der Waals surface area contributed by atoms with Gasteiger partial charge in [-0.3, -0.25) is 0 Å². The van der Waals surface area contributed by atoms with Crippen LogP contribution in [-0.4, -0.2) is 88.6 Å². The molecule has 12 N–H and O–H groups in total. The number of hydrogen-bond acceptors (Lipinski definition) is 8. The van der Waals surface area contributed by atoms with Crippen molar-refractivity contribution >= 4 is 72.6 Å². The summed E-state index contributed by atoms with van der Waals surface area (Å²) in [6.07, 6.45) is 0. The molecule has 0 fully saturated rings. The summed E-state index contributed by atoms with van der Waals surface area (Å²) in [5.41, 5.74) is 10.7. The van der Waals surface area contributed by atoms with Crippen molar-refractivity contribution < 1.29 is 40.2 Å². The Morgan fingerprint density at radius 2 is 0.433 bits per heavy atom. The van der Waals surface area contributed by atoms with Crippen molar-refractivity contribution in [2.45, 2.75) is 0 Å². The molecule has 0 spiro atoms. The van der Waals surface area contributed by atoms with Crippen molar-refractivity contribution in [2.75, 3.05) is 0 Å². The van der Waals surface area contributed by atoms with Crippen LogP contribution in [0.3, 0.4) is 0 Å². The molecule has 9 rings (SSSR count). The van der Waals surface area contributed by atoms with Crippen molar-refractivity contribution in [3.63, 3.8) is 0 Å². The smallest absolute Gasteiger partial charge is 0.423 e. The van der Waals surface area contributed by atoms with Gasteiger partial charge in [0.05, 0.1) is 0 Å². The van der Waals surface area contributed by atoms with E-state index in [0.717, 1.165) is 88.7 Å². The third-order valence-corrected chi connectivity index (χ3v) is 10.9. The van der Waals surface area contributed by atoms with Crippen molar-refractivity contribution in [2.24, 2.45) is 0 Å². The maximum absolute atomic E-state index is 9.89. The Labute approximate surface area is 343 Å². The predicted octanol–water partition coefficient (Wildman–Crippen LogP) is -2.98. The first kappa shape index (κ1) is 38.9. The Morgan fingerprint density at radius 3 is 0.617 bits per heavy atom. The van der Waals surface area contributed by atoms with E-state index in [1.165, 1.54) is 0 Å². The number of nitrogens with one attached hydrogen (secondary N) is 4. The highest BCUT2D eigenvalue weighted by Crippen LogP contribution is 2.27. The molecule has 0 radical (unpaired) electrons. The molecule has 12 nitrogen and oxygen atoms in total. The van der Waals surface area contributed by atoms with E-state index in [-0.39, 0.29) is 0 Å². The lowest BCUT2D eigenvalue weighted by atomic mass is 9.79. The lowest BCUT2D eigenvalue weighted by molar-refractivity contribution is 0.424. The van der Waals surface area contributed by atoms with Crippen LogP contribution in [-0.2, 0) is 0 Å². The molecule has 60 heavy (non-hydrogen) atoms. The Bertz CT molecular complexity index is 2680. The van der Waals surface area contributed by atoms with Crippen LogP contribution in [0.4, 0.5) is 0 Å². The number of H-pyrrole nitrogens is 4. The summed E-state index contributed by atoms with van der Waals surface area (Å²) in [5.74, 6) is 0. The maximum Gasteiger partial charge on any atom is 0.488 e. The van der Waals surface area contributed by atoms with Gasteiger partial charge in [0.2, 0.25) is 0 Å². The zero-order valence-electron chi connectivity index (χ0n) is 31.7. The van der Waals surface area contributed by atoms with Gasteiger partial charge in [0.1, 0.15) is 0 Å². The minimum Gasteiger partial charge on any atom is -0.423 e. The fourth-order valence-corrected chi connectivity index (χ4v) is 7.86. The molecule has 8 bridgehead atoms. The first-order valence-corrected chi connectivity index (χ1v) is 19.1. The largest absolute Gasteiger partial charge is 0.488 e. The van der Waals surface area contributed by atoms with Gasteiger partial charge in [0.15, 0.2) is 0 Å². The van der Waals surface area contributed by atoms with E-state index in [0.29, 0.717) is 21.9 Å². The first-order valence-electron chi connectivity index (χ1n) is 19.1. The Morgan fingerprint density at radius 1 is 0.233 bits per heavy atom. The molecule has 4 aromatic heterocycles. The average Bonchev–Trinajstić information content (AvgIpc) is 4.10. The van der Waals surface area contributed by atoms with Gasteiger partial charge in [-0.05, 0) is 92.6 Å². The van der Waals surface area contributed by atoms with Crippen molar-refractivity contribution in [1.82, 2.24) is 19.9 Å². The number of aromatic amines is 4. The molecule has 0 saturated heterocycles. The topological polar surface area (TPSA) is 225 Å². The van der Waals surface area contributed by atoms with Crippen LogP contribution >= 0.6 is 0 Å². The van der Waals surface area contributed by atoms with Crippen LogP contribution in [0.25, 0.3) is 22.3 Å². The molecule has 0 saturated carbocycles. The number of aromatic nitrogens is 4. The van der Waals surface area contributed by atoms with Gasteiger partial charge in [0.25, 0.3) is 0 Å². The summed E-state index contributed by atoms with van der Waals surface area (Å²) in [5, 5.41) is 82.1. The fourth-order valence-electron chi connectivity index (χ4n) is 7.86. The van der Waals surface area contributed by atoms with E-state index in [1.54, 1.807) is 48.5 Å². The van der Waals surface area contributed by atoms with Crippen molar-refractivity contribution in [3.05, 3.63) is 212 Å². The number of hydrogen-bond donors (Lipinski definition) is 12. The second-order valence-electron chi connectivity index (χ2n) is 14.6. The number of benzene rings is 4. The molecule has 292 valence electrons. The van der Waals surface area contributed by atoms with E-state index in [4.69, 9.17) is 0 Å². The van der Waals surface area contributed by atoms with E-state index < -0.39 is 28.5 Å². The maximum atomic E-state index is 9.89.